The summed E-state index contributed by atoms with van der Waals surface area (Å²) in [6, 6.07) is 3.51. The number of hydrogen-bond donors (Lipinski definition) is 2. The first kappa shape index (κ1) is 18.1. The molecule has 0 bridgehead atoms. The predicted molar refractivity (Wildman–Crippen MR) is 90.0 cm³/mol. The van der Waals surface area contributed by atoms with Crippen LogP contribution in [-0.2, 0) is 6.42 Å². The number of aliphatic hydroxyl groups is 1. The quantitative estimate of drug-likeness (QED) is 0.702. The van der Waals surface area contributed by atoms with E-state index in [4.69, 9.17) is 4.74 Å². The zero-order valence-electron chi connectivity index (χ0n) is 13.2. The van der Waals surface area contributed by atoms with Gasteiger partial charge in [-0.3, -0.25) is 0 Å². The number of rotatable bonds is 7. The van der Waals surface area contributed by atoms with Crippen molar-refractivity contribution >= 4 is 15.9 Å². The largest absolute Gasteiger partial charge is 0.507 e. The molecule has 0 radical (unpaired) electrons. The standard InChI is InChI=1S/C17H25BrO3/c1-12(6-5-9-17(2,3)20)7-8-13-10-15(19)14(18)11-16(13)21-4/h7,10-11,19-20H,5-6,8-9H2,1-4H3. The van der Waals surface area contributed by atoms with Crippen molar-refractivity contribution in [3.05, 3.63) is 33.8 Å². The monoisotopic (exact) mass is 356 g/mol. The summed E-state index contributed by atoms with van der Waals surface area (Å²) in [6.07, 6.45) is 5.60. The maximum atomic E-state index is 9.77. The Labute approximate surface area is 135 Å². The molecule has 1 rings (SSSR count). The molecular formula is C17H25BrO3. The maximum Gasteiger partial charge on any atom is 0.130 e. The third-order valence-corrected chi connectivity index (χ3v) is 4.02. The Hall–Kier alpha value is -1.00. The highest BCUT2D eigenvalue weighted by Gasteiger charge is 2.11. The van der Waals surface area contributed by atoms with Crippen molar-refractivity contribution in [1.29, 1.82) is 0 Å². The van der Waals surface area contributed by atoms with Crippen LogP contribution < -0.4 is 4.74 Å². The highest BCUT2D eigenvalue weighted by atomic mass is 79.9. The van der Waals surface area contributed by atoms with Crippen molar-refractivity contribution in [2.24, 2.45) is 0 Å². The van der Waals surface area contributed by atoms with E-state index in [2.05, 4.69) is 28.9 Å². The summed E-state index contributed by atoms with van der Waals surface area (Å²) >= 11 is 3.28. The van der Waals surface area contributed by atoms with Crippen LogP contribution in [0, 0.1) is 0 Å². The number of aromatic hydroxyl groups is 1. The van der Waals surface area contributed by atoms with Crippen molar-refractivity contribution in [2.45, 2.75) is 52.1 Å². The Bertz CT molecular complexity index is 501. The summed E-state index contributed by atoms with van der Waals surface area (Å²) in [7, 11) is 1.63. The average Bonchev–Trinajstić information content (AvgIpc) is 2.38. The Morgan fingerprint density at radius 2 is 2.05 bits per heavy atom. The summed E-state index contributed by atoms with van der Waals surface area (Å²) in [5.74, 6) is 0.985. The number of phenolic OH excluding ortho intramolecular Hbond substituents is 1. The summed E-state index contributed by atoms with van der Waals surface area (Å²) < 4.78 is 5.97. The molecule has 1 aromatic rings. The third-order valence-electron chi connectivity index (χ3n) is 3.38. The van der Waals surface area contributed by atoms with Crippen LogP contribution in [0.2, 0.25) is 0 Å². The summed E-state index contributed by atoms with van der Waals surface area (Å²) in [5.41, 5.74) is 1.64. The van der Waals surface area contributed by atoms with E-state index < -0.39 is 5.60 Å². The molecule has 0 aliphatic carbocycles. The highest BCUT2D eigenvalue weighted by molar-refractivity contribution is 9.10. The van der Waals surface area contributed by atoms with Gasteiger partial charge in [0.05, 0.1) is 17.2 Å². The van der Waals surface area contributed by atoms with Crippen LogP contribution in [0.25, 0.3) is 0 Å². The summed E-state index contributed by atoms with van der Waals surface area (Å²) in [5, 5.41) is 19.5. The molecule has 0 amide bonds. The topological polar surface area (TPSA) is 49.7 Å². The smallest absolute Gasteiger partial charge is 0.130 e. The number of methoxy groups -OCH3 is 1. The Morgan fingerprint density at radius 1 is 1.38 bits per heavy atom. The van der Waals surface area contributed by atoms with E-state index in [0.29, 0.717) is 4.47 Å². The SMILES string of the molecule is COc1cc(Br)c(O)cc1CC=C(C)CCCC(C)(C)O. The summed E-state index contributed by atoms with van der Waals surface area (Å²) in [6.45, 7) is 5.76. The molecule has 0 atom stereocenters. The Morgan fingerprint density at radius 3 is 2.62 bits per heavy atom. The van der Waals surface area contributed by atoms with Crippen LogP contribution in [0.5, 0.6) is 11.5 Å². The maximum absolute atomic E-state index is 9.77. The first-order valence-corrected chi connectivity index (χ1v) is 7.95. The minimum absolute atomic E-state index is 0.221. The van der Waals surface area contributed by atoms with Crippen molar-refractivity contribution in [1.82, 2.24) is 0 Å². The zero-order chi connectivity index (χ0) is 16.0. The lowest BCUT2D eigenvalue weighted by molar-refractivity contribution is 0.0689. The Balaban J connectivity index is 2.65. The molecule has 0 aliphatic rings. The van der Waals surface area contributed by atoms with Crippen LogP contribution in [-0.4, -0.2) is 22.9 Å². The molecular weight excluding hydrogens is 332 g/mol. The van der Waals surface area contributed by atoms with Crippen molar-refractivity contribution in [2.75, 3.05) is 7.11 Å². The number of hydrogen-bond acceptors (Lipinski definition) is 3. The van der Waals surface area contributed by atoms with Gasteiger partial charge in [-0.15, -0.1) is 0 Å². The van der Waals surface area contributed by atoms with Gasteiger partial charge in [0.15, 0.2) is 0 Å². The lowest BCUT2D eigenvalue weighted by Gasteiger charge is -2.16. The molecule has 0 saturated heterocycles. The van der Waals surface area contributed by atoms with E-state index in [1.54, 1.807) is 19.2 Å². The molecule has 0 heterocycles. The van der Waals surface area contributed by atoms with Gasteiger partial charge in [-0.05, 0) is 74.5 Å². The van der Waals surface area contributed by atoms with E-state index >= 15 is 0 Å². The van der Waals surface area contributed by atoms with Gasteiger partial charge in [-0.2, -0.15) is 0 Å². The molecule has 0 saturated carbocycles. The van der Waals surface area contributed by atoms with E-state index in [1.165, 1.54) is 5.57 Å². The first-order valence-electron chi connectivity index (χ1n) is 7.16. The van der Waals surface area contributed by atoms with Crippen LogP contribution in [0.15, 0.2) is 28.3 Å². The lowest BCUT2D eigenvalue weighted by Crippen LogP contribution is -2.17. The molecule has 1 aromatic carbocycles. The average molecular weight is 357 g/mol. The number of ether oxygens (including phenoxy) is 1. The zero-order valence-corrected chi connectivity index (χ0v) is 14.8. The highest BCUT2D eigenvalue weighted by Crippen LogP contribution is 2.32. The first-order chi connectivity index (χ1) is 9.73. The molecule has 0 fully saturated rings. The molecule has 4 heteroatoms. The van der Waals surface area contributed by atoms with E-state index in [1.807, 2.05) is 13.8 Å². The normalized spacial score (nSPS) is 12.6. The number of halogens is 1. The molecule has 3 nitrogen and oxygen atoms in total. The van der Waals surface area contributed by atoms with Gasteiger partial charge >= 0.3 is 0 Å². The molecule has 0 aromatic heterocycles. The molecule has 118 valence electrons. The van der Waals surface area contributed by atoms with Gasteiger partial charge in [-0.25, -0.2) is 0 Å². The summed E-state index contributed by atoms with van der Waals surface area (Å²) in [4.78, 5) is 0. The van der Waals surface area contributed by atoms with Gasteiger partial charge in [0.1, 0.15) is 11.5 Å². The fourth-order valence-electron chi connectivity index (χ4n) is 2.12. The van der Waals surface area contributed by atoms with Gasteiger partial charge < -0.3 is 14.9 Å². The van der Waals surface area contributed by atoms with Gasteiger partial charge in [0.2, 0.25) is 0 Å². The second-order valence-electron chi connectivity index (χ2n) is 6.04. The van der Waals surface area contributed by atoms with Crippen molar-refractivity contribution in [3.63, 3.8) is 0 Å². The van der Waals surface area contributed by atoms with Crippen LogP contribution >= 0.6 is 15.9 Å². The molecule has 0 unspecified atom stereocenters. The van der Waals surface area contributed by atoms with Crippen molar-refractivity contribution in [3.8, 4) is 11.5 Å². The minimum atomic E-state index is -0.596. The molecule has 0 aliphatic heterocycles. The second-order valence-corrected chi connectivity index (χ2v) is 6.89. The van der Waals surface area contributed by atoms with Crippen LogP contribution in [0.4, 0.5) is 0 Å². The third kappa shape index (κ3) is 6.53. The lowest BCUT2D eigenvalue weighted by atomic mass is 9.98. The molecule has 21 heavy (non-hydrogen) atoms. The predicted octanol–water partition coefficient (Wildman–Crippen LogP) is 4.59. The number of benzene rings is 1. The van der Waals surface area contributed by atoms with Gasteiger partial charge in [-0.1, -0.05) is 11.6 Å². The molecule has 2 N–H and O–H groups in total. The van der Waals surface area contributed by atoms with E-state index in [9.17, 15) is 10.2 Å². The Kier molecular flexibility index (Phi) is 6.75. The van der Waals surface area contributed by atoms with Crippen LogP contribution in [0.3, 0.4) is 0 Å². The van der Waals surface area contributed by atoms with E-state index in [0.717, 1.165) is 37.0 Å². The molecule has 0 spiro atoms. The minimum Gasteiger partial charge on any atom is -0.507 e. The number of allylic oxidation sites excluding steroid dienone is 2. The fourth-order valence-corrected chi connectivity index (χ4v) is 2.44. The van der Waals surface area contributed by atoms with Gasteiger partial charge in [0, 0.05) is 5.56 Å². The second kappa shape index (κ2) is 7.85. The van der Waals surface area contributed by atoms with Crippen molar-refractivity contribution < 1.29 is 14.9 Å². The van der Waals surface area contributed by atoms with Gasteiger partial charge in [0.25, 0.3) is 0 Å². The van der Waals surface area contributed by atoms with E-state index in [-0.39, 0.29) is 5.75 Å². The number of phenols is 1. The van der Waals surface area contributed by atoms with Crippen LogP contribution in [0.1, 0.15) is 45.6 Å². The fraction of sp³-hybridized carbons (Fsp3) is 0.529.